The average molecular weight is 436 g/mol. The second-order valence-corrected chi connectivity index (χ2v) is 10.7. The van der Waals surface area contributed by atoms with Gasteiger partial charge in [0.25, 0.3) is 5.91 Å². The minimum absolute atomic E-state index is 0.00238. The van der Waals surface area contributed by atoms with E-state index in [1.54, 1.807) is 38.4 Å². The molecule has 162 valence electrons. The Balaban J connectivity index is 1.64. The van der Waals surface area contributed by atoms with Crippen LogP contribution in [0, 0.1) is 11.8 Å². The predicted octanol–water partition coefficient (Wildman–Crippen LogP) is -0.471. The molecule has 3 atom stereocenters. The third-order valence-electron chi connectivity index (χ3n) is 6.15. The number of carbonyl (C=O) groups excluding carboxylic acids is 3. The highest BCUT2D eigenvalue weighted by atomic mass is 32.2. The minimum atomic E-state index is -3.21. The fourth-order valence-corrected chi connectivity index (χ4v) is 6.27. The summed E-state index contributed by atoms with van der Waals surface area (Å²) in [4.78, 5) is 41.9. The standard InChI is InChI=1S/C20H25N3O6S/c1-22(2)19(26)15-9-23(18(25)13-7-8-30(27,28)10-13)11-20(15)12-29-16-6-4-3-5-14(16)17(24)21-20/h3-6,13,15H,7-12H2,1-2H3,(H,21,24)/t13?,15-,20-/m1/s1. The third-order valence-corrected chi connectivity index (χ3v) is 7.92. The molecule has 4 rings (SSSR count). The molecule has 0 aromatic heterocycles. The van der Waals surface area contributed by atoms with E-state index in [4.69, 9.17) is 4.74 Å². The van der Waals surface area contributed by atoms with Crippen LogP contribution < -0.4 is 10.1 Å². The largest absolute Gasteiger partial charge is 0.490 e. The molecule has 3 aliphatic heterocycles. The maximum absolute atomic E-state index is 13.1. The van der Waals surface area contributed by atoms with Gasteiger partial charge in [-0.3, -0.25) is 14.4 Å². The number of hydrogen-bond donors (Lipinski definition) is 1. The topological polar surface area (TPSA) is 113 Å². The van der Waals surface area contributed by atoms with Crippen molar-refractivity contribution in [2.24, 2.45) is 11.8 Å². The van der Waals surface area contributed by atoms with Crippen molar-refractivity contribution in [1.29, 1.82) is 0 Å². The van der Waals surface area contributed by atoms with Gasteiger partial charge in [-0.25, -0.2) is 8.42 Å². The summed E-state index contributed by atoms with van der Waals surface area (Å²) in [5.41, 5.74) is -0.720. The van der Waals surface area contributed by atoms with Crippen LogP contribution in [0.25, 0.3) is 0 Å². The monoisotopic (exact) mass is 435 g/mol. The van der Waals surface area contributed by atoms with Crippen molar-refractivity contribution < 1.29 is 27.5 Å². The van der Waals surface area contributed by atoms with Gasteiger partial charge in [-0.2, -0.15) is 0 Å². The number of fused-ring (bicyclic) bond motifs is 1. The normalized spacial score (nSPS) is 29.7. The molecule has 3 heterocycles. The van der Waals surface area contributed by atoms with Gasteiger partial charge < -0.3 is 19.9 Å². The molecule has 3 amide bonds. The third kappa shape index (κ3) is 3.53. The highest BCUT2D eigenvalue weighted by molar-refractivity contribution is 7.91. The maximum Gasteiger partial charge on any atom is 0.255 e. The highest BCUT2D eigenvalue weighted by Gasteiger charge is 2.55. The summed E-state index contributed by atoms with van der Waals surface area (Å²) in [5.74, 6) is -1.94. The smallest absolute Gasteiger partial charge is 0.255 e. The van der Waals surface area contributed by atoms with E-state index in [0.717, 1.165) is 0 Å². The van der Waals surface area contributed by atoms with Gasteiger partial charge in [0, 0.05) is 27.2 Å². The van der Waals surface area contributed by atoms with Crippen molar-refractivity contribution in [3.8, 4) is 5.75 Å². The summed E-state index contributed by atoms with van der Waals surface area (Å²) in [6.07, 6.45) is 0.283. The van der Waals surface area contributed by atoms with Gasteiger partial charge in [-0.05, 0) is 18.6 Å². The van der Waals surface area contributed by atoms with Crippen LogP contribution in [0.3, 0.4) is 0 Å². The zero-order chi connectivity index (χ0) is 21.7. The molecule has 0 aliphatic carbocycles. The molecule has 0 bridgehead atoms. The van der Waals surface area contributed by atoms with Crippen molar-refractivity contribution in [3.63, 3.8) is 0 Å². The number of ether oxygens (including phenoxy) is 1. The van der Waals surface area contributed by atoms with Crippen LogP contribution in [-0.4, -0.2) is 86.8 Å². The van der Waals surface area contributed by atoms with Crippen LogP contribution in [0.5, 0.6) is 5.75 Å². The van der Waals surface area contributed by atoms with Gasteiger partial charge in [0.15, 0.2) is 9.84 Å². The van der Waals surface area contributed by atoms with Crippen LogP contribution in [-0.2, 0) is 19.4 Å². The first kappa shape index (κ1) is 20.6. The molecule has 9 nitrogen and oxygen atoms in total. The van der Waals surface area contributed by atoms with Crippen LogP contribution in [0.1, 0.15) is 16.8 Å². The Hall–Kier alpha value is -2.62. The lowest BCUT2D eigenvalue weighted by Crippen LogP contribution is -2.60. The minimum Gasteiger partial charge on any atom is -0.490 e. The average Bonchev–Trinajstić information content (AvgIpc) is 3.21. The molecule has 10 heteroatoms. The molecule has 0 saturated carbocycles. The van der Waals surface area contributed by atoms with Crippen LogP contribution in [0.15, 0.2) is 24.3 Å². The van der Waals surface area contributed by atoms with Gasteiger partial charge >= 0.3 is 0 Å². The Morgan fingerprint density at radius 1 is 1.27 bits per heavy atom. The van der Waals surface area contributed by atoms with Crippen LogP contribution >= 0.6 is 0 Å². The molecule has 2 saturated heterocycles. The maximum atomic E-state index is 13.1. The molecular formula is C20H25N3O6S. The number of hydrogen-bond acceptors (Lipinski definition) is 6. The molecule has 1 aromatic rings. The van der Waals surface area contributed by atoms with Gasteiger partial charge in [0.2, 0.25) is 11.8 Å². The number of nitrogens with zero attached hydrogens (tertiary/aromatic N) is 2. The van der Waals surface area contributed by atoms with E-state index >= 15 is 0 Å². The van der Waals surface area contributed by atoms with E-state index in [1.165, 1.54) is 9.80 Å². The summed E-state index contributed by atoms with van der Waals surface area (Å²) < 4.78 is 29.6. The Morgan fingerprint density at radius 2 is 2.00 bits per heavy atom. The van der Waals surface area contributed by atoms with E-state index in [0.29, 0.717) is 11.3 Å². The zero-order valence-electron chi connectivity index (χ0n) is 17.0. The van der Waals surface area contributed by atoms with Crippen molar-refractivity contribution in [3.05, 3.63) is 29.8 Å². The molecule has 30 heavy (non-hydrogen) atoms. The van der Waals surface area contributed by atoms with Crippen LogP contribution in [0.4, 0.5) is 0 Å². The Kier molecular flexibility index (Phi) is 5.00. The van der Waals surface area contributed by atoms with E-state index in [2.05, 4.69) is 5.32 Å². The number of sulfone groups is 1. The summed E-state index contributed by atoms with van der Waals surface area (Å²) >= 11 is 0. The number of rotatable bonds is 2. The highest BCUT2D eigenvalue weighted by Crippen LogP contribution is 2.35. The zero-order valence-corrected chi connectivity index (χ0v) is 17.8. The summed E-state index contributed by atoms with van der Waals surface area (Å²) in [5, 5.41) is 2.96. The number of carbonyl (C=O) groups is 3. The molecule has 2 fully saturated rings. The molecule has 1 spiro atoms. The van der Waals surface area contributed by atoms with Crippen molar-refractivity contribution >= 4 is 27.6 Å². The molecule has 1 aromatic carbocycles. The number of amides is 3. The van der Waals surface area contributed by atoms with Gasteiger partial charge in [0.05, 0.1) is 28.9 Å². The Labute approximate surface area is 175 Å². The second-order valence-electron chi connectivity index (χ2n) is 8.50. The number of para-hydroxylation sites is 1. The van der Waals surface area contributed by atoms with Crippen molar-refractivity contribution in [2.45, 2.75) is 12.0 Å². The van der Waals surface area contributed by atoms with Crippen molar-refractivity contribution in [1.82, 2.24) is 15.1 Å². The Morgan fingerprint density at radius 3 is 2.67 bits per heavy atom. The van der Waals surface area contributed by atoms with Crippen LogP contribution in [0.2, 0.25) is 0 Å². The summed E-state index contributed by atoms with van der Waals surface area (Å²) in [7, 11) is 0.0317. The van der Waals surface area contributed by atoms with Gasteiger partial charge in [0.1, 0.15) is 17.9 Å². The van der Waals surface area contributed by atoms with E-state index in [1.807, 2.05) is 0 Å². The number of benzene rings is 1. The lowest BCUT2D eigenvalue weighted by atomic mass is 9.86. The van der Waals surface area contributed by atoms with Gasteiger partial charge in [-0.1, -0.05) is 12.1 Å². The summed E-state index contributed by atoms with van der Waals surface area (Å²) in [6.45, 7) is 0.228. The SMILES string of the molecule is CN(C)C(=O)[C@H]1CN(C(=O)C2CCS(=O)(=O)C2)C[C@@]12COc1ccccc1C(=O)N2. The van der Waals surface area contributed by atoms with E-state index in [9.17, 15) is 22.8 Å². The van der Waals surface area contributed by atoms with E-state index < -0.39 is 27.2 Å². The molecular weight excluding hydrogens is 410 g/mol. The van der Waals surface area contributed by atoms with Crippen molar-refractivity contribution in [2.75, 3.05) is 45.3 Å². The lowest BCUT2D eigenvalue weighted by Gasteiger charge is -2.33. The molecule has 1 N–H and O–H groups in total. The fraction of sp³-hybridized carbons (Fsp3) is 0.550. The number of nitrogens with one attached hydrogen (secondary N) is 1. The van der Waals surface area contributed by atoms with Gasteiger partial charge in [-0.15, -0.1) is 0 Å². The molecule has 3 aliphatic rings. The first-order valence-electron chi connectivity index (χ1n) is 9.87. The quantitative estimate of drug-likeness (QED) is 0.672. The molecule has 0 radical (unpaired) electrons. The molecule has 1 unspecified atom stereocenters. The Bertz CT molecular complexity index is 1010. The second kappa shape index (κ2) is 7.26. The summed E-state index contributed by atoms with van der Waals surface area (Å²) in [6, 6.07) is 6.83. The first-order valence-corrected chi connectivity index (χ1v) is 11.7. The first-order chi connectivity index (χ1) is 14.1. The number of likely N-dealkylation sites (tertiary alicyclic amines) is 1. The van der Waals surface area contributed by atoms with E-state index in [-0.39, 0.29) is 55.3 Å². The lowest BCUT2D eigenvalue weighted by molar-refractivity contribution is -0.135. The fourth-order valence-electron chi connectivity index (χ4n) is 4.54. The predicted molar refractivity (Wildman–Crippen MR) is 108 cm³/mol.